The summed E-state index contributed by atoms with van der Waals surface area (Å²) in [4.78, 5) is 0. The van der Waals surface area contributed by atoms with Gasteiger partial charge in [-0.25, -0.2) is 13.1 Å². The molecule has 2 unspecified atom stereocenters. The van der Waals surface area contributed by atoms with Gasteiger partial charge in [-0.3, -0.25) is 0 Å². The maximum atomic E-state index is 11.2. The van der Waals surface area contributed by atoms with Gasteiger partial charge in [0.25, 0.3) is 0 Å². The normalized spacial score (nSPS) is 34.4. The van der Waals surface area contributed by atoms with Crippen molar-refractivity contribution in [2.45, 2.75) is 39.2 Å². The van der Waals surface area contributed by atoms with Crippen molar-refractivity contribution < 1.29 is 8.42 Å². The first-order chi connectivity index (χ1) is 6.43. The molecule has 0 aliphatic heterocycles. The van der Waals surface area contributed by atoms with E-state index in [0.717, 1.165) is 12.8 Å². The molecular weight excluding hydrogens is 222 g/mol. The van der Waals surface area contributed by atoms with Gasteiger partial charge in [-0.05, 0) is 31.1 Å². The lowest BCUT2D eigenvalue weighted by molar-refractivity contribution is 0.258. The summed E-state index contributed by atoms with van der Waals surface area (Å²) in [6.07, 6.45) is 3.06. The van der Waals surface area contributed by atoms with Crippen LogP contribution in [0.1, 0.15) is 33.1 Å². The molecule has 0 aromatic rings. The average Bonchev–Trinajstić information content (AvgIpc) is 2.01. The Morgan fingerprint density at radius 2 is 1.71 bits per heavy atom. The van der Waals surface area contributed by atoms with Crippen molar-refractivity contribution in [2.75, 3.05) is 5.21 Å². The van der Waals surface area contributed by atoms with Crippen LogP contribution in [0, 0.1) is 11.8 Å². The molecule has 84 valence electrons. The third-order valence-electron chi connectivity index (χ3n) is 2.67. The Hall–Kier alpha value is 0.200. The fourth-order valence-corrected chi connectivity index (χ4v) is 3.28. The highest BCUT2D eigenvalue weighted by atomic mass is 35.5. The summed E-state index contributed by atoms with van der Waals surface area (Å²) in [5.74, 6) is 1.20. The zero-order valence-corrected chi connectivity index (χ0v) is 10.2. The first kappa shape index (κ1) is 12.3. The van der Waals surface area contributed by atoms with Gasteiger partial charge in [0.2, 0.25) is 10.0 Å². The molecule has 5 heteroatoms. The average molecular weight is 240 g/mol. The molecule has 0 amide bonds. The van der Waals surface area contributed by atoms with Crippen molar-refractivity contribution in [1.29, 1.82) is 0 Å². The van der Waals surface area contributed by atoms with Gasteiger partial charge in [-0.15, -0.1) is 11.6 Å². The van der Waals surface area contributed by atoms with E-state index in [2.05, 4.69) is 18.6 Å². The second-order valence-electron chi connectivity index (χ2n) is 4.46. The van der Waals surface area contributed by atoms with E-state index in [1.807, 2.05) is 0 Å². The third-order valence-corrected chi connectivity index (χ3v) is 4.51. The molecule has 0 heterocycles. The van der Waals surface area contributed by atoms with E-state index in [1.54, 1.807) is 0 Å². The maximum Gasteiger partial charge on any atom is 0.225 e. The molecule has 0 aromatic heterocycles. The quantitative estimate of drug-likeness (QED) is 0.765. The Labute approximate surface area is 91.3 Å². The van der Waals surface area contributed by atoms with Crippen LogP contribution in [0.3, 0.4) is 0 Å². The topological polar surface area (TPSA) is 46.2 Å². The minimum atomic E-state index is -3.25. The summed E-state index contributed by atoms with van der Waals surface area (Å²) in [7, 11) is -3.25. The second-order valence-corrected chi connectivity index (χ2v) is 6.79. The maximum absolute atomic E-state index is 11.2. The molecular formula is C9H18ClNO2S. The molecule has 1 rings (SSSR count). The van der Waals surface area contributed by atoms with E-state index < -0.39 is 10.0 Å². The number of hydrogen-bond acceptors (Lipinski definition) is 2. The fraction of sp³-hybridized carbons (Fsp3) is 1.00. The number of halogens is 1. The van der Waals surface area contributed by atoms with Gasteiger partial charge >= 0.3 is 0 Å². The summed E-state index contributed by atoms with van der Waals surface area (Å²) < 4.78 is 25.1. The summed E-state index contributed by atoms with van der Waals surface area (Å²) in [6, 6.07) is 0.0810. The highest BCUT2D eigenvalue weighted by Gasteiger charge is 2.26. The van der Waals surface area contributed by atoms with Gasteiger partial charge in [0.15, 0.2) is 0 Å². The first-order valence-corrected chi connectivity index (χ1v) is 7.17. The molecule has 2 atom stereocenters. The van der Waals surface area contributed by atoms with Crippen molar-refractivity contribution in [2.24, 2.45) is 11.8 Å². The number of rotatable bonds is 3. The van der Waals surface area contributed by atoms with Crippen LogP contribution in [0.4, 0.5) is 0 Å². The van der Waals surface area contributed by atoms with Crippen LogP contribution in [0.5, 0.6) is 0 Å². The molecule has 1 saturated carbocycles. The first-order valence-electron chi connectivity index (χ1n) is 4.99. The zero-order chi connectivity index (χ0) is 10.8. The van der Waals surface area contributed by atoms with Gasteiger partial charge in [0, 0.05) is 6.04 Å². The number of sulfonamides is 1. The fourth-order valence-electron chi connectivity index (χ4n) is 2.33. The Bertz CT molecular complexity index is 269. The number of alkyl halides is 1. The molecule has 0 aromatic carbocycles. The molecule has 3 nitrogen and oxygen atoms in total. The lowest BCUT2D eigenvalue weighted by Crippen LogP contribution is -2.40. The highest BCUT2D eigenvalue weighted by molar-refractivity contribution is 7.90. The van der Waals surface area contributed by atoms with Gasteiger partial charge in [0.05, 0.1) is 0 Å². The molecule has 1 aliphatic carbocycles. The largest absolute Gasteiger partial charge is 0.225 e. The van der Waals surface area contributed by atoms with Gasteiger partial charge < -0.3 is 0 Å². The van der Waals surface area contributed by atoms with E-state index in [-0.39, 0.29) is 11.3 Å². The van der Waals surface area contributed by atoms with Crippen molar-refractivity contribution in [1.82, 2.24) is 4.72 Å². The minimum Gasteiger partial charge on any atom is -0.211 e. The molecule has 0 saturated heterocycles. The molecule has 0 radical (unpaired) electrons. The van der Waals surface area contributed by atoms with Crippen LogP contribution in [0.2, 0.25) is 0 Å². The standard InChI is InChI=1S/C9H18ClNO2S/c1-7-3-8(2)5-9(4-7)11-14(12,13)6-10/h7-9,11H,3-6H2,1-2H3. The van der Waals surface area contributed by atoms with Crippen LogP contribution in [-0.2, 0) is 10.0 Å². The van der Waals surface area contributed by atoms with Gasteiger partial charge in [-0.1, -0.05) is 13.8 Å². The van der Waals surface area contributed by atoms with E-state index in [1.165, 1.54) is 6.42 Å². The van der Waals surface area contributed by atoms with Gasteiger partial charge in [0.1, 0.15) is 5.21 Å². The van der Waals surface area contributed by atoms with E-state index in [0.29, 0.717) is 11.8 Å². The monoisotopic (exact) mass is 239 g/mol. The summed E-state index contributed by atoms with van der Waals surface area (Å²) >= 11 is 5.33. The molecule has 1 aliphatic rings. The van der Waals surface area contributed by atoms with E-state index in [9.17, 15) is 8.42 Å². The molecule has 1 N–H and O–H groups in total. The van der Waals surface area contributed by atoms with Gasteiger partial charge in [-0.2, -0.15) is 0 Å². The molecule has 0 spiro atoms. The van der Waals surface area contributed by atoms with Crippen molar-refractivity contribution in [3.05, 3.63) is 0 Å². The minimum absolute atomic E-state index is 0.0810. The number of nitrogens with one attached hydrogen (secondary N) is 1. The van der Waals surface area contributed by atoms with Crippen molar-refractivity contribution >= 4 is 21.6 Å². The number of hydrogen-bond donors (Lipinski definition) is 1. The summed E-state index contributed by atoms with van der Waals surface area (Å²) in [5.41, 5.74) is 0. The lowest BCUT2D eigenvalue weighted by atomic mass is 9.81. The molecule has 1 fully saturated rings. The Kier molecular flexibility index (Phi) is 4.22. The van der Waals surface area contributed by atoms with Crippen LogP contribution >= 0.6 is 11.6 Å². The van der Waals surface area contributed by atoms with Crippen LogP contribution in [0.25, 0.3) is 0 Å². The molecule has 0 bridgehead atoms. The van der Waals surface area contributed by atoms with E-state index in [4.69, 9.17) is 11.6 Å². The van der Waals surface area contributed by atoms with Crippen LogP contribution < -0.4 is 4.72 Å². The summed E-state index contributed by atoms with van der Waals surface area (Å²) in [6.45, 7) is 4.33. The summed E-state index contributed by atoms with van der Waals surface area (Å²) in [5, 5.41) is -0.341. The third kappa shape index (κ3) is 3.75. The zero-order valence-electron chi connectivity index (χ0n) is 8.66. The van der Waals surface area contributed by atoms with Crippen molar-refractivity contribution in [3.8, 4) is 0 Å². The predicted molar refractivity (Wildman–Crippen MR) is 58.7 cm³/mol. The Morgan fingerprint density at radius 1 is 1.21 bits per heavy atom. The molecule has 14 heavy (non-hydrogen) atoms. The van der Waals surface area contributed by atoms with Crippen LogP contribution in [-0.4, -0.2) is 19.7 Å². The Balaban J connectivity index is 2.53. The predicted octanol–water partition coefficient (Wildman–Crippen LogP) is 1.93. The van der Waals surface area contributed by atoms with Crippen molar-refractivity contribution in [3.63, 3.8) is 0 Å². The smallest absolute Gasteiger partial charge is 0.211 e. The lowest BCUT2D eigenvalue weighted by Gasteiger charge is -2.31. The Morgan fingerprint density at radius 3 is 2.14 bits per heavy atom. The second kappa shape index (κ2) is 4.81. The van der Waals surface area contributed by atoms with E-state index >= 15 is 0 Å². The SMILES string of the molecule is CC1CC(C)CC(NS(=O)(=O)CCl)C1. The van der Waals surface area contributed by atoms with Crippen LogP contribution in [0.15, 0.2) is 0 Å². The highest BCUT2D eigenvalue weighted by Crippen LogP contribution is 2.28.